The van der Waals surface area contributed by atoms with Gasteiger partial charge in [-0.1, -0.05) is 13.8 Å². The van der Waals surface area contributed by atoms with Crippen molar-refractivity contribution in [1.29, 1.82) is 0 Å². The zero-order valence-electron chi connectivity index (χ0n) is 17.0. The smallest absolute Gasteiger partial charge is 0.163 e. The van der Waals surface area contributed by atoms with Gasteiger partial charge in [0.15, 0.2) is 5.65 Å². The summed E-state index contributed by atoms with van der Waals surface area (Å²) in [5.41, 5.74) is 3.11. The number of hydrogen-bond acceptors (Lipinski definition) is 7. The molecule has 4 N–H and O–H groups in total. The van der Waals surface area contributed by atoms with Crippen molar-refractivity contribution in [1.82, 2.24) is 24.9 Å². The summed E-state index contributed by atoms with van der Waals surface area (Å²) in [5.74, 6) is 2.22. The van der Waals surface area contributed by atoms with Crippen LogP contribution in [0.3, 0.4) is 0 Å². The molecule has 8 heteroatoms. The Hall–Kier alpha value is -2.71. The van der Waals surface area contributed by atoms with Crippen LogP contribution in [0.5, 0.6) is 0 Å². The van der Waals surface area contributed by atoms with Crippen LogP contribution in [0.1, 0.15) is 37.3 Å². The van der Waals surface area contributed by atoms with Gasteiger partial charge in [-0.05, 0) is 36.6 Å². The molecule has 29 heavy (non-hydrogen) atoms. The van der Waals surface area contributed by atoms with Crippen LogP contribution in [0.4, 0.5) is 11.6 Å². The number of β-amino-alcohol motifs (C(OH)–C–C–N with tert-alkyl or cyclic N) is 1. The van der Waals surface area contributed by atoms with Gasteiger partial charge < -0.3 is 21.1 Å². The van der Waals surface area contributed by atoms with Crippen molar-refractivity contribution in [3.63, 3.8) is 0 Å². The first-order chi connectivity index (χ1) is 14.1. The molecule has 1 fully saturated rings. The molecule has 0 amide bonds. The van der Waals surface area contributed by atoms with Crippen molar-refractivity contribution in [2.24, 2.45) is 5.92 Å². The molecule has 154 valence electrons. The highest BCUT2D eigenvalue weighted by molar-refractivity contribution is 5.61. The Labute approximate surface area is 170 Å². The first-order valence-electron chi connectivity index (χ1n) is 10.3. The largest absolute Gasteiger partial charge is 0.391 e. The van der Waals surface area contributed by atoms with Gasteiger partial charge in [0.25, 0.3) is 0 Å². The Kier molecular flexibility index (Phi) is 5.92. The fourth-order valence-electron chi connectivity index (χ4n) is 3.67. The second-order valence-corrected chi connectivity index (χ2v) is 7.93. The van der Waals surface area contributed by atoms with Crippen LogP contribution in [-0.2, 0) is 6.54 Å². The number of aromatic nitrogens is 4. The van der Waals surface area contributed by atoms with Gasteiger partial charge in [0.2, 0.25) is 0 Å². The Morgan fingerprint density at radius 3 is 2.86 bits per heavy atom. The van der Waals surface area contributed by atoms with E-state index in [2.05, 4.69) is 39.9 Å². The molecule has 2 atom stereocenters. The van der Waals surface area contributed by atoms with E-state index in [1.807, 2.05) is 28.9 Å². The van der Waals surface area contributed by atoms with E-state index >= 15 is 0 Å². The minimum atomic E-state index is -0.328. The molecule has 1 aliphatic rings. The number of anilines is 2. The molecule has 0 unspecified atom stereocenters. The molecule has 4 heterocycles. The average Bonchev–Trinajstić information content (AvgIpc) is 3.16. The summed E-state index contributed by atoms with van der Waals surface area (Å²) in [6.45, 7) is 7.25. The van der Waals surface area contributed by atoms with Gasteiger partial charge in [-0.15, -0.1) is 0 Å². The Morgan fingerprint density at radius 2 is 2.10 bits per heavy atom. The number of piperidine rings is 1. The highest BCUT2D eigenvalue weighted by atomic mass is 16.3. The van der Waals surface area contributed by atoms with Gasteiger partial charge in [-0.3, -0.25) is 4.98 Å². The van der Waals surface area contributed by atoms with Crippen molar-refractivity contribution < 1.29 is 5.11 Å². The highest BCUT2D eigenvalue weighted by Crippen LogP contribution is 2.25. The van der Waals surface area contributed by atoms with Crippen LogP contribution in [0.25, 0.3) is 5.65 Å². The lowest BCUT2D eigenvalue weighted by Gasteiger charge is -2.28. The van der Waals surface area contributed by atoms with E-state index in [9.17, 15) is 5.11 Å². The van der Waals surface area contributed by atoms with Crippen molar-refractivity contribution in [2.45, 2.75) is 38.8 Å². The SMILES string of the molecule is CC(C)c1cnn2c(NCc3ccncc3)cc(NC[C@H]3CCNC[C@@H]3O)nc12. The van der Waals surface area contributed by atoms with E-state index < -0.39 is 0 Å². The average molecular weight is 396 g/mol. The van der Waals surface area contributed by atoms with Gasteiger partial charge in [0.1, 0.15) is 11.6 Å². The number of nitrogens with zero attached hydrogens (tertiary/aromatic N) is 4. The van der Waals surface area contributed by atoms with Crippen LogP contribution >= 0.6 is 0 Å². The van der Waals surface area contributed by atoms with E-state index in [0.29, 0.717) is 25.6 Å². The number of fused-ring (bicyclic) bond motifs is 1. The first-order valence-corrected chi connectivity index (χ1v) is 10.3. The summed E-state index contributed by atoms with van der Waals surface area (Å²) in [4.78, 5) is 8.90. The fraction of sp³-hybridized carbons (Fsp3) is 0.476. The molecule has 1 aliphatic heterocycles. The quantitative estimate of drug-likeness (QED) is 0.487. The zero-order chi connectivity index (χ0) is 20.2. The number of aliphatic hydroxyl groups is 1. The van der Waals surface area contributed by atoms with Crippen LogP contribution < -0.4 is 16.0 Å². The molecule has 1 saturated heterocycles. The lowest BCUT2D eigenvalue weighted by molar-refractivity contribution is 0.0883. The maximum atomic E-state index is 10.2. The van der Waals surface area contributed by atoms with Gasteiger partial charge >= 0.3 is 0 Å². The van der Waals surface area contributed by atoms with Crippen LogP contribution in [-0.4, -0.2) is 50.4 Å². The second kappa shape index (κ2) is 8.75. The zero-order valence-corrected chi connectivity index (χ0v) is 17.0. The normalized spacial score (nSPS) is 19.6. The second-order valence-electron chi connectivity index (χ2n) is 7.93. The van der Waals surface area contributed by atoms with Gasteiger partial charge in [0.05, 0.1) is 12.3 Å². The van der Waals surface area contributed by atoms with Gasteiger partial charge in [0, 0.05) is 49.6 Å². The minimum Gasteiger partial charge on any atom is -0.391 e. The number of hydrogen-bond donors (Lipinski definition) is 4. The van der Waals surface area contributed by atoms with Gasteiger partial charge in [-0.2, -0.15) is 9.61 Å². The molecule has 0 radical (unpaired) electrons. The third-order valence-corrected chi connectivity index (χ3v) is 5.48. The predicted molar refractivity (Wildman–Crippen MR) is 114 cm³/mol. The van der Waals surface area contributed by atoms with Crippen molar-refractivity contribution in [3.8, 4) is 0 Å². The Morgan fingerprint density at radius 1 is 1.28 bits per heavy atom. The molecule has 4 rings (SSSR count). The number of aliphatic hydroxyl groups excluding tert-OH is 1. The third-order valence-electron chi connectivity index (χ3n) is 5.48. The maximum Gasteiger partial charge on any atom is 0.163 e. The summed E-state index contributed by atoms with van der Waals surface area (Å²) in [5, 5.41) is 24.9. The molecule has 0 spiro atoms. The van der Waals surface area contributed by atoms with Crippen LogP contribution in [0.2, 0.25) is 0 Å². The minimum absolute atomic E-state index is 0.219. The highest BCUT2D eigenvalue weighted by Gasteiger charge is 2.23. The predicted octanol–water partition coefficient (Wildman–Crippen LogP) is 2.24. The molecule has 0 aliphatic carbocycles. The summed E-state index contributed by atoms with van der Waals surface area (Å²) in [6, 6.07) is 5.97. The van der Waals surface area contributed by atoms with Crippen molar-refractivity contribution in [3.05, 3.63) is 47.9 Å². The third kappa shape index (κ3) is 4.49. The van der Waals surface area contributed by atoms with Crippen molar-refractivity contribution in [2.75, 3.05) is 30.3 Å². The lowest BCUT2D eigenvalue weighted by atomic mass is 9.95. The molecule has 0 saturated carbocycles. The first kappa shape index (κ1) is 19.6. The summed E-state index contributed by atoms with van der Waals surface area (Å²) >= 11 is 0. The van der Waals surface area contributed by atoms with E-state index in [1.54, 1.807) is 12.4 Å². The molecular weight excluding hydrogens is 366 g/mol. The Bertz CT molecular complexity index is 941. The van der Waals surface area contributed by atoms with Crippen LogP contribution in [0.15, 0.2) is 36.8 Å². The number of nitrogens with one attached hydrogen (secondary N) is 3. The fourth-order valence-corrected chi connectivity index (χ4v) is 3.67. The molecule has 0 aromatic carbocycles. The summed E-state index contributed by atoms with van der Waals surface area (Å²) in [6.07, 6.45) is 6.10. The van der Waals surface area contributed by atoms with Crippen LogP contribution in [0, 0.1) is 5.92 Å². The summed E-state index contributed by atoms with van der Waals surface area (Å²) < 4.78 is 1.86. The summed E-state index contributed by atoms with van der Waals surface area (Å²) in [7, 11) is 0. The van der Waals surface area contributed by atoms with Gasteiger partial charge in [-0.25, -0.2) is 4.98 Å². The molecule has 3 aromatic heterocycles. The lowest BCUT2D eigenvalue weighted by Crippen LogP contribution is -2.43. The van der Waals surface area contributed by atoms with E-state index in [1.165, 1.54) is 0 Å². The topological polar surface area (TPSA) is 99.4 Å². The van der Waals surface area contributed by atoms with E-state index in [0.717, 1.165) is 41.4 Å². The Balaban J connectivity index is 1.58. The molecule has 8 nitrogen and oxygen atoms in total. The standard InChI is InChI=1S/C21H29N7O/c1-14(2)17-12-26-28-20(25-10-15-3-6-22-7-4-15)9-19(27-21(17)28)24-11-16-5-8-23-13-18(16)29/h3-4,6-7,9,12,14,16,18,23,25,29H,5,8,10-11,13H2,1-2H3,(H,24,27)/t16-,18+/m1/s1. The molecule has 3 aromatic rings. The number of rotatable bonds is 7. The maximum absolute atomic E-state index is 10.2. The molecular formula is C21H29N7O. The molecule has 0 bridgehead atoms. The van der Waals surface area contributed by atoms with E-state index in [-0.39, 0.29) is 12.0 Å². The van der Waals surface area contributed by atoms with E-state index in [4.69, 9.17) is 4.98 Å². The number of pyridine rings is 1. The van der Waals surface area contributed by atoms with Crippen molar-refractivity contribution >= 4 is 17.3 Å². The monoisotopic (exact) mass is 395 g/mol.